The van der Waals surface area contributed by atoms with Crippen LogP contribution in [0.15, 0.2) is 57.4 Å². The van der Waals surface area contributed by atoms with Crippen LogP contribution in [0.1, 0.15) is 18.1 Å². The third kappa shape index (κ3) is 3.10. The minimum atomic E-state index is -0.0399. The fourth-order valence-electron chi connectivity index (χ4n) is 2.13. The molecule has 0 radical (unpaired) electrons. The minimum Gasteiger partial charge on any atom is -0.419 e. The topological polar surface area (TPSA) is 80.5 Å². The van der Waals surface area contributed by atoms with E-state index in [0.717, 1.165) is 16.3 Å². The predicted molar refractivity (Wildman–Crippen MR) is 93.7 cm³/mol. The van der Waals surface area contributed by atoms with E-state index >= 15 is 0 Å². The zero-order valence-electron chi connectivity index (χ0n) is 12.7. The Balaban J connectivity index is 1.49. The van der Waals surface area contributed by atoms with Crippen LogP contribution in [0.3, 0.4) is 0 Å². The Morgan fingerprint density at radius 3 is 2.79 bits per heavy atom. The van der Waals surface area contributed by atoms with Crippen LogP contribution < -0.4 is 0 Å². The first-order valence-electron chi connectivity index (χ1n) is 7.31. The molecule has 4 aromatic rings. The zero-order valence-corrected chi connectivity index (χ0v) is 14.3. The van der Waals surface area contributed by atoms with Gasteiger partial charge < -0.3 is 4.42 Å². The molecule has 0 aliphatic carbocycles. The van der Waals surface area contributed by atoms with Gasteiger partial charge in [0, 0.05) is 5.56 Å². The summed E-state index contributed by atoms with van der Waals surface area (Å²) in [7, 11) is 0. The van der Waals surface area contributed by atoms with Crippen molar-refractivity contribution < 1.29 is 4.42 Å². The van der Waals surface area contributed by atoms with Gasteiger partial charge in [-0.1, -0.05) is 36.0 Å². The van der Waals surface area contributed by atoms with Crippen LogP contribution >= 0.6 is 23.1 Å². The van der Waals surface area contributed by atoms with Gasteiger partial charge in [0.1, 0.15) is 0 Å². The molecule has 0 amide bonds. The maximum Gasteiger partial charge on any atom is 0.247 e. The van der Waals surface area contributed by atoms with E-state index in [1.165, 1.54) is 11.8 Å². The Bertz CT molecular complexity index is 917. The van der Waals surface area contributed by atoms with Gasteiger partial charge >= 0.3 is 0 Å². The number of nitrogens with one attached hydrogen (secondary N) is 1. The van der Waals surface area contributed by atoms with Gasteiger partial charge in [-0.05, 0) is 30.5 Å². The lowest BCUT2D eigenvalue weighted by Crippen LogP contribution is -1.89. The van der Waals surface area contributed by atoms with E-state index < -0.39 is 0 Å². The SMILES string of the molecule is C[C@H](Sc1n[nH]c(-c2cccs2)n1)c1nnc(-c2ccccc2)o1. The molecular weight excluding hydrogens is 342 g/mol. The van der Waals surface area contributed by atoms with E-state index in [4.69, 9.17) is 4.42 Å². The smallest absolute Gasteiger partial charge is 0.247 e. The first kappa shape index (κ1) is 15.1. The van der Waals surface area contributed by atoms with Crippen LogP contribution in [-0.2, 0) is 0 Å². The highest BCUT2D eigenvalue weighted by Gasteiger charge is 2.18. The fraction of sp³-hybridized carbons (Fsp3) is 0.125. The molecule has 6 nitrogen and oxygen atoms in total. The maximum atomic E-state index is 5.78. The molecule has 0 spiro atoms. The number of thiophene rings is 1. The quantitative estimate of drug-likeness (QED) is 0.533. The number of hydrogen-bond acceptors (Lipinski definition) is 7. The largest absolute Gasteiger partial charge is 0.419 e. The van der Waals surface area contributed by atoms with Crippen molar-refractivity contribution in [2.75, 3.05) is 0 Å². The average molecular weight is 355 g/mol. The number of nitrogens with zero attached hydrogens (tertiary/aromatic N) is 4. The molecule has 120 valence electrons. The summed E-state index contributed by atoms with van der Waals surface area (Å²) in [5.41, 5.74) is 0.909. The summed E-state index contributed by atoms with van der Waals surface area (Å²) in [5, 5.41) is 18.1. The van der Waals surface area contributed by atoms with E-state index in [9.17, 15) is 0 Å². The van der Waals surface area contributed by atoms with Gasteiger partial charge in [-0.2, -0.15) is 0 Å². The second-order valence-corrected chi connectivity index (χ2v) is 7.27. The first-order valence-corrected chi connectivity index (χ1v) is 9.07. The molecule has 0 aliphatic rings. The highest BCUT2D eigenvalue weighted by atomic mass is 32.2. The van der Waals surface area contributed by atoms with Gasteiger partial charge in [-0.3, -0.25) is 5.10 Å². The Kier molecular flexibility index (Phi) is 4.14. The summed E-state index contributed by atoms with van der Waals surface area (Å²) >= 11 is 3.10. The third-order valence-corrected chi connectivity index (χ3v) is 5.14. The second kappa shape index (κ2) is 6.58. The number of rotatable bonds is 5. The molecule has 3 aromatic heterocycles. The average Bonchev–Trinajstić information content (AvgIpc) is 3.36. The minimum absolute atomic E-state index is 0.0399. The number of aromatic nitrogens is 5. The Hall–Kier alpha value is -2.45. The number of thioether (sulfide) groups is 1. The standard InChI is InChI=1S/C16H13N5OS2/c1-10(14-19-20-15(22-14)11-6-3-2-4-7-11)24-16-17-13(18-21-16)12-8-5-9-23-12/h2-10H,1H3,(H,17,18,21)/t10-/m0/s1. The summed E-state index contributed by atoms with van der Waals surface area (Å²) < 4.78 is 5.78. The molecule has 1 aromatic carbocycles. The van der Waals surface area contributed by atoms with Crippen molar-refractivity contribution in [1.82, 2.24) is 25.4 Å². The van der Waals surface area contributed by atoms with Gasteiger partial charge in [0.25, 0.3) is 0 Å². The number of hydrogen-bond donors (Lipinski definition) is 1. The molecular formula is C16H13N5OS2. The summed E-state index contributed by atoms with van der Waals surface area (Å²) in [4.78, 5) is 5.56. The Labute approximate surface area is 146 Å². The predicted octanol–water partition coefficient (Wildman–Crippen LogP) is 4.44. The summed E-state index contributed by atoms with van der Waals surface area (Å²) in [6, 6.07) is 13.7. The Morgan fingerprint density at radius 2 is 2.00 bits per heavy atom. The summed E-state index contributed by atoms with van der Waals surface area (Å²) in [6.45, 7) is 1.99. The molecule has 0 saturated heterocycles. The molecule has 0 unspecified atom stereocenters. The second-order valence-electron chi connectivity index (χ2n) is 5.02. The van der Waals surface area contributed by atoms with Crippen LogP contribution in [-0.4, -0.2) is 25.4 Å². The van der Waals surface area contributed by atoms with E-state index in [1.54, 1.807) is 11.3 Å². The molecule has 4 rings (SSSR count). The van der Waals surface area contributed by atoms with Crippen LogP contribution in [0.25, 0.3) is 22.2 Å². The van der Waals surface area contributed by atoms with Crippen molar-refractivity contribution in [1.29, 1.82) is 0 Å². The van der Waals surface area contributed by atoms with Crippen molar-refractivity contribution in [3.05, 3.63) is 53.7 Å². The van der Waals surface area contributed by atoms with Crippen LogP contribution in [0.2, 0.25) is 0 Å². The molecule has 8 heteroatoms. The van der Waals surface area contributed by atoms with E-state index in [0.29, 0.717) is 16.9 Å². The first-order chi connectivity index (χ1) is 11.8. The Morgan fingerprint density at radius 1 is 1.12 bits per heavy atom. The van der Waals surface area contributed by atoms with Gasteiger partial charge in [-0.25, -0.2) is 4.98 Å². The molecule has 1 N–H and O–H groups in total. The van der Waals surface area contributed by atoms with Gasteiger partial charge in [0.15, 0.2) is 5.82 Å². The number of H-pyrrole nitrogens is 1. The molecule has 0 bridgehead atoms. The maximum absolute atomic E-state index is 5.78. The highest BCUT2D eigenvalue weighted by Crippen LogP contribution is 2.34. The van der Waals surface area contributed by atoms with Gasteiger partial charge in [0.2, 0.25) is 16.9 Å². The fourth-order valence-corrected chi connectivity index (χ4v) is 3.55. The molecule has 3 heterocycles. The molecule has 0 aliphatic heterocycles. The van der Waals surface area contributed by atoms with Crippen molar-refractivity contribution in [2.24, 2.45) is 0 Å². The van der Waals surface area contributed by atoms with Crippen molar-refractivity contribution in [3.8, 4) is 22.2 Å². The monoisotopic (exact) mass is 355 g/mol. The highest BCUT2D eigenvalue weighted by molar-refractivity contribution is 7.99. The van der Waals surface area contributed by atoms with Crippen molar-refractivity contribution >= 4 is 23.1 Å². The summed E-state index contributed by atoms with van der Waals surface area (Å²) in [5.74, 6) is 1.85. The number of benzene rings is 1. The van der Waals surface area contributed by atoms with Crippen LogP contribution in [0, 0.1) is 0 Å². The lowest BCUT2D eigenvalue weighted by molar-refractivity contribution is 0.509. The lowest BCUT2D eigenvalue weighted by Gasteiger charge is -2.01. The van der Waals surface area contributed by atoms with Crippen molar-refractivity contribution in [3.63, 3.8) is 0 Å². The molecule has 0 fully saturated rings. The van der Waals surface area contributed by atoms with Gasteiger partial charge in [0.05, 0.1) is 10.1 Å². The van der Waals surface area contributed by atoms with Crippen molar-refractivity contribution in [2.45, 2.75) is 17.3 Å². The van der Waals surface area contributed by atoms with Crippen LogP contribution in [0.5, 0.6) is 0 Å². The van der Waals surface area contributed by atoms with E-state index in [-0.39, 0.29) is 5.25 Å². The lowest BCUT2D eigenvalue weighted by atomic mass is 10.2. The third-order valence-electron chi connectivity index (χ3n) is 3.31. The molecule has 1 atom stereocenters. The zero-order chi connectivity index (χ0) is 16.4. The van der Waals surface area contributed by atoms with Gasteiger partial charge in [-0.15, -0.1) is 26.6 Å². The van der Waals surface area contributed by atoms with E-state index in [2.05, 4.69) is 25.4 Å². The van der Waals surface area contributed by atoms with Crippen LogP contribution in [0.4, 0.5) is 0 Å². The summed E-state index contributed by atoms with van der Waals surface area (Å²) in [6.07, 6.45) is 0. The molecule has 24 heavy (non-hydrogen) atoms. The normalized spacial score (nSPS) is 12.4. The molecule has 0 saturated carbocycles. The number of aromatic amines is 1. The van der Waals surface area contributed by atoms with E-state index in [1.807, 2.05) is 54.8 Å².